The Bertz CT molecular complexity index is 799. The second-order valence-electron chi connectivity index (χ2n) is 5.05. The highest BCUT2D eigenvalue weighted by Crippen LogP contribution is 2.35. The minimum Gasteiger partial charge on any atom is -0.493 e. The van der Waals surface area contributed by atoms with Crippen LogP contribution in [-0.2, 0) is 4.79 Å². The van der Waals surface area contributed by atoms with Gasteiger partial charge in [0.2, 0.25) is 0 Å². The van der Waals surface area contributed by atoms with Crippen molar-refractivity contribution in [3.8, 4) is 11.5 Å². The molecule has 3 rings (SSSR count). The fourth-order valence-electron chi connectivity index (χ4n) is 2.52. The number of hydrogen-bond acceptors (Lipinski definition) is 3. The average molecular weight is 421 g/mol. The molecule has 118 valence electrons. The van der Waals surface area contributed by atoms with Crippen molar-refractivity contribution >= 4 is 45.8 Å². The van der Waals surface area contributed by atoms with Crippen molar-refractivity contribution in [2.75, 3.05) is 19.0 Å². The van der Waals surface area contributed by atoms with Gasteiger partial charge in [0, 0.05) is 20.4 Å². The van der Waals surface area contributed by atoms with Crippen LogP contribution in [0.4, 0.5) is 5.69 Å². The Labute approximate surface area is 148 Å². The molecule has 1 amide bonds. The molecule has 0 radical (unpaired) electrons. The zero-order chi connectivity index (χ0) is 16.4. The predicted octanol–water partition coefficient (Wildman–Crippen LogP) is 4.19. The van der Waals surface area contributed by atoms with Gasteiger partial charge in [-0.15, -0.1) is 0 Å². The summed E-state index contributed by atoms with van der Waals surface area (Å²) in [5.74, 6) is 1.26. The summed E-state index contributed by atoms with van der Waals surface area (Å²) in [7, 11) is 1.61. The van der Waals surface area contributed by atoms with Gasteiger partial charge in [-0.25, -0.2) is 0 Å². The lowest BCUT2D eigenvalue weighted by Gasteiger charge is -2.10. The number of hydrogen-bond donors (Lipinski definition) is 1. The summed E-state index contributed by atoms with van der Waals surface area (Å²) >= 11 is 2.24. The van der Waals surface area contributed by atoms with Crippen molar-refractivity contribution in [1.82, 2.24) is 0 Å². The van der Waals surface area contributed by atoms with Crippen LogP contribution in [0.2, 0.25) is 0 Å². The Hall–Kier alpha value is -2.02. The van der Waals surface area contributed by atoms with Crippen LogP contribution in [-0.4, -0.2) is 19.6 Å². The number of carbonyl (C=O) groups is 1. The maximum Gasteiger partial charge on any atom is 0.256 e. The van der Waals surface area contributed by atoms with Gasteiger partial charge in [-0.3, -0.25) is 4.79 Å². The Morgan fingerprint density at radius 3 is 2.74 bits per heavy atom. The molecule has 0 fully saturated rings. The van der Waals surface area contributed by atoms with Crippen LogP contribution in [0.3, 0.4) is 0 Å². The summed E-state index contributed by atoms with van der Waals surface area (Å²) in [6.07, 6.45) is 1.87. The molecule has 1 aliphatic heterocycles. The van der Waals surface area contributed by atoms with E-state index in [0.717, 1.165) is 20.4 Å². The molecular weight excluding hydrogens is 405 g/mol. The van der Waals surface area contributed by atoms with Crippen molar-refractivity contribution in [1.29, 1.82) is 0 Å². The van der Waals surface area contributed by atoms with Gasteiger partial charge >= 0.3 is 0 Å². The Morgan fingerprint density at radius 2 is 2.00 bits per heavy atom. The first kappa shape index (κ1) is 15.9. The smallest absolute Gasteiger partial charge is 0.256 e. The van der Waals surface area contributed by atoms with Gasteiger partial charge in [0.25, 0.3) is 5.91 Å². The molecule has 4 nitrogen and oxygen atoms in total. The van der Waals surface area contributed by atoms with E-state index in [9.17, 15) is 4.79 Å². The molecule has 0 bridgehead atoms. The fourth-order valence-corrected chi connectivity index (χ4v) is 3.01. The van der Waals surface area contributed by atoms with Crippen LogP contribution < -0.4 is 14.8 Å². The molecular formula is C18H16INO3. The number of methoxy groups -OCH3 is 1. The molecule has 2 aromatic carbocycles. The summed E-state index contributed by atoms with van der Waals surface area (Å²) in [6, 6.07) is 11.6. The number of fused-ring (bicyclic) bond motifs is 1. The molecule has 0 unspecified atom stereocenters. The molecule has 2 aromatic rings. The second-order valence-corrected chi connectivity index (χ2v) is 6.29. The van der Waals surface area contributed by atoms with Gasteiger partial charge in [0.15, 0.2) is 11.5 Å². The third kappa shape index (κ3) is 3.19. The zero-order valence-corrected chi connectivity index (χ0v) is 15.0. The number of amides is 1. The number of nitrogens with one attached hydrogen (secondary N) is 1. The van der Waals surface area contributed by atoms with E-state index in [1.54, 1.807) is 7.11 Å². The maximum atomic E-state index is 12.2. The molecule has 0 aromatic heterocycles. The summed E-state index contributed by atoms with van der Waals surface area (Å²) < 4.78 is 12.0. The average Bonchev–Trinajstić information content (AvgIpc) is 2.84. The molecule has 0 aliphatic carbocycles. The molecule has 5 heteroatoms. The second kappa shape index (κ2) is 6.62. The Kier molecular flexibility index (Phi) is 4.56. The number of carbonyl (C=O) groups excluding carboxylic acids is 1. The topological polar surface area (TPSA) is 47.6 Å². The molecule has 23 heavy (non-hydrogen) atoms. The third-order valence-electron chi connectivity index (χ3n) is 3.56. The van der Waals surface area contributed by atoms with E-state index in [-0.39, 0.29) is 5.91 Å². The lowest BCUT2D eigenvalue weighted by Crippen LogP contribution is -2.03. The standard InChI is InChI=1S/C18H16INO3/c1-3-23-16-7-4-11(9-17(16)22-2)8-14-13-10-12(19)5-6-15(13)20-18(14)21/h4-10H,3H2,1-2H3,(H,20,21). The molecule has 0 saturated carbocycles. The summed E-state index contributed by atoms with van der Waals surface area (Å²) in [5.41, 5.74) is 3.32. The summed E-state index contributed by atoms with van der Waals surface area (Å²) in [4.78, 5) is 12.2. The van der Waals surface area contributed by atoms with E-state index >= 15 is 0 Å². The first-order valence-corrected chi connectivity index (χ1v) is 8.34. The Morgan fingerprint density at radius 1 is 1.17 bits per heavy atom. The van der Waals surface area contributed by atoms with E-state index < -0.39 is 0 Å². The van der Waals surface area contributed by atoms with Crippen molar-refractivity contribution in [2.45, 2.75) is 6.92 Å². The van der Waals surface area contributed by atoms with Crippen molar-refractivity contribution in [2.24, 2.45) is 0 Å². The number of anilines is 1. The van der Waals surface area contributed by atoms with E-state index in [2.05, 4.69) is 27.9 Å². The van der Waals surface area contributed by atoms with Crippen LogP contribution in [0.1, 0.15) is 18.1 Å². The van der Waals surface area contributed by atoms with Crippen LogP contribution in [0.5, 0.6) is 11.5 Å². The van der Waals surface area contributed by atoms with Crippen molar-refractivity contribution < 1.29 is 14.3 Å². The maximum absolute atomic E-state index is 12.2. The van der Waals surface area contributed by atoms with Gasteiger partial charge in [0.1, 0.15) is 0 Å². The molecule has 1 aliphatic rings. The van der Waals surface area contributed by atoms with Crippen LogP contribution in [0.15, 0.2) is 36.4 Å². The van der Waals surface area contributed by atoms with E-state index in [0.29, 0.717) is 23.7 Å². The number of ether oxygens (including phenoxy) is 2. The predicted molar refractivity (Wildman–Crippen MR) is 99.8 cm³/mol. The van der Waals surface area contributed by atoms with Gasteiger partial charge < -0.3 is 14.8 Å². The highest BCUT2D eigenvalue weighted by molar-refractivity contribution is 14.1. The van der Waals surface area contributed by atoms with E-state index in [1.165, 1.54) is 0 Å². The monoisotopic (exact) mass is 421 g/mol. The van der Waals surface area contributed by atoms with Gasteiger partial charge in [0.05, 0.1) is 13.7 Å². The highest BCUT2D eigenvalue weighted by Gasteiger charge is 2.24. The molecule has 1 heterocycles. The van der Waals surface area contributed by atoms with E-state index in [4.69, 9.17) is 9.47 Å². The van der Waals surface area contributed by atoms with Crippen LogP contribution in [0, 0.1) is 3.57 Å². The molecule has 0 spiro atoms. The minimum absolute atomic E-state index is 0.0881. The first-order chi connectivity index (χ1) is 11.1. The summed E-state index contributed by atoms with van der Waals surface area (Å²) in [6.45, 7) is 2.50. The summed E-state index contributed by atoms with van der Waals surface area (Å²) in [5, 5.41) is 2.89. The molecule has 0 atom stereocenters. The largest absolute Gasteiger partial charge is 0.493 e. The van der Waals surface area contributed by atoms with Crippen molar-refractivity contribution in [3.63, 3.8) is 0 Å². The molecule has 1 N–H and O–H groups in total. The van der Waals surface area contributed by atoms with Crippen LogP contribution in [0.25, 0.3) is 11.6 Å². The molecule has 0 saturated heterocycles. The SMILES string of the molecule is CCOc1ccc(C=C2C(=O)Nc3ccc(I)cc32)cc1OC. The zero-order valence-electron chi connectivity index (χ0n) is 12.9. The number of halogens is 1. The lowest BCUT2D eigenvalue weighted by atomic mass is 10.0. The van der Waals surface area contributed by atoms with E-state index in [1.807, 2.05) is 49.4 Å². The van der Waals surface area contributed by atoms with Gasteiger partial charge in [-0.05, 0) is 71.5 Å². The third-order valence-corrected chi connectivity index (χ3v) is 4.23. The Balaban J connectivity index is 2.02. The van der Waals surface area contributed by atoms with Crippen molar-refractivity contribution in [3.05, 3.63) is 51.1 Å². The lowest BCUT2D eigenvalue weighted by molar-refractivity contribution is -0.110. The van der Waals surface area contributed by atoms with Crippen LogP contribution >= 0.6 is 22.6 Å². The minimum atomic E-state index is -0.0881. The fraction of sp³-hybridized carbons (Fsp3) is 0.167. The highest BCUT2D eigenvalue weighted by atomic mass is 127. The number of benzene rings is 2. The number of rotatable bonds is 4. The quantitative estimate of drug-likeness (QED) is 0.595. The van der Waals surface area contributed by atoms with Gasteiger partial charge in [-0.2, -0.15) is 0 Å². The first-order valence-electron chi connectivity index (χ1n) is 7.26. The van der Waals surface area contributed by atoms with Gasteiger partial charge in [-0.1, -0.05) is 6.07 Å². The normalized spacial score (nSPS) is 14.6.